The van der Waals surface area contributed by atoms with Gasteiger partial charge in [-0.2, -0.15) is 0 Å². The zero-order chi connectivity index (χ0) is 14.3. The number of hydrogen-bond donors (Lipinski definition) is 4. The molecule has 4 N–H and O–H groups in total. The molecular formula is C11H18N4O3S. The molecule has 1 aromatic rings. The average Bonchev–Trinajstić information content (AvgIpc) is 2.80. The molecule has 0 spiro atoms. The standard InChI is InChI=1S/C11H18N4O3S/c1-7(19)18-11(17)9(15-10(16)2-3-12)4-8-5-13-6-14-8/h5-7,9,19H,2-4,12H2,1H3,(H,13,14)(H,15,16). The van der Waals surface area contributed by atoms with Crippen LogP contribution in [0.3, 0.4) is 0 Å². The van der Waals surface area contributed by atoms with Gasteiger partial charge in [0.05, 0.1) is 6.33 Å². The van der Waals surface area contributed by atoms with Gasteiger partial charge in [0.2, 0.25) is 5.91 Å². The van der Waals surface area contributed by atoms with E-state index in [1.54, 1.807) is 13.1 Å². The number of H-pyrrole nitrogens is 1. The van der Waals surface area contributed by atoms with E-state index in [4.69, 9.17) is 10.5 Å². The van der Waals surface area contributed by atoms with E-state index >= 15 is 0 Å². The summed E-state index contributed by atoms with van der Waals surface area (Å²) in [5, 5.41) is 2.59. The van der Waals surface area contributed by atoms with Crippen molar-refractivity contribution in [2.45, 2.75) is 31.2 Å². The number of nitrogens with two attached hydrogens (primary N) is 1. The van der Waals surface area contributed by atoms with Gasteiger partial charge in [0.25, 0.3) is 0 Å². The van der Waals surface area contributed by atoms with Crippen LogP contribution in [-0.2, 0) is 20.7 Å². The molecule has 2 unspecified atom stereocenters. The van der Waals surface area contributed by atoms with Crippen molar-refractivity contribution >= 4 is 24.5 Å². The highest BCUT2D eigenvalue weighted by Crippen LogP contribution is 2.04. The van der Waals surface area contributed by atoms with Crippen molar-refractivity contribution < 1.29 is 14.3 Å². The van der Waals surface area contributed by atoms with Crippen molar-refractivity contribution in [1.82, 2.24) is 15.3 Å². The third kappa shape index (κ3) is 5.75. The van der Waals surface area contributed by atoms with Crippen molar-refractivity contribution in [3.63, 3.8) is 0 Å². The van der Waals surface area contributed by atoms with Gasteiger partial charge in [-0.3, -0.25) is 4.79 Å². The maximum Gasteiger partial charge on any atom is 0.330 e. The molecular weight excluding hydrogens is 268 g/mol. The Balaban J connectivity index is 2.66. The summed E-state index contributed by atoms with van der Waals surface area (Å²) in [6.45, 7) is 1.84. The largest absolute Gasteiger partial charge is 0.450 e. The number of esters is 1. The number of thiol groups is 1. The number of ether oxygens (including phenoxy) is 1. The van der Waals surface area contributed by atoms with Crippen LogP contribution in [0.4, 0.5) is 0 Å². The Morgan fingerprint density at radius 2 is 2.37 bits per heavy atom. The SMILES string of the molecule is CC(S)OC(=O)C(Cc1cnc[nH]1)NC(=O)CCN. The minimum Gasteiger partial charge on any atom is -0.450 e. The Kier molecular flexibility index (Phi) is 6.37. The highest BCUT2D eigenvalue weighted by molar-refractivity contribution is 7.80. The molecule has 0 bridgehead atoms. The lowest BCUT2D eigenvalue weighted by Crippen LogP contribution is -2.44. The summed E-state index contributed by atoms with van der Waals surface area (Å²) >= 11 is 3.98. The first kappa shape index (κ1) is 15.5. The number of amides is 1. The number of hydrogen-bond acceptors (Lipinski definition) is 6. The molecule has 1 rings (SSSR count). The minimum absolute atomic E-state index is 0.156. The van der Waals surface area contributed by atoms with Gasteiger partial charge in [0, 0.05) is 31.3 Å². The van der Waals surface area contributed by atoms with E-state index in [0.29, 0.717) is 0 Å². The Morgan fingerprint density at radius 1 is 1.63 bits per heavy atom. The lowest BCUT2D eigenvalue weighted by atomic mass is 10.1. The number of nitrogens with zero attached hydrogens (tertiary/aromatic N) is 1. The second-order valence-corrected chi connectivity index (χ2v) is 4.70. The topological polar surface area (TPSA) is 110 Å². The van der Waals surface area contributed by atoms with Crippen molar-refractivity contribution in [1.29, 1.82) is 0 Å². The van der Waals surface area contributed by atoms with Crippen LogP contribution in [0.5, 0.6) is 0 Å². The molecule has 0 saturated carbocycles. The maximum absolute atomic E-state index is 11.9. The lowest BCUT2D eigenvalue weighted by molar-refractivity contribution is -0.148. The van der Waals surface area contributed by atoms with Crippen molar-refractivity contribution in [2.75, 3.05) is 6.54 Å². The van der Waals surface area contributed by atoms with Gasteiger partial charge < -0.3 is 20.8 Å². The van der Waals surface area contributed by atoms with Crippen LogP contribution in [0.25, 0.3) is 0 Å². The Hall–Kier alpha value is -1.54. The predicted octanol–water partition coefficient (Wildman–Crippen LogP) is -0.395. The van der Waals surface area contributed by atoms with Crippen molar-refractivity contribution in [3.05, 3.63) is 18.2 Å². The molecule has 8 heteroatoms. The van der Waals surface area contributed by atoms with Crippen LogP contribution in [-0.4, -0.2) is 39.9 Å². The molecule has 0 aliphatic carbocycles. The van der Waals surface area contributed by atoms with Gasteiger partial charge in [0.15, 0.2) is 0 Å². The fraction of sp³-hybridized carbons (Fsp3) is 0.545. The van der Waals surface area contributed by atoms with Crippen LogP contribution in [0.2, 0.25) is 0 Å². The lowest BCUT2D eigenvalue weighted by Gasteiger charge is -2.18. The zero-order valence-electron chi connectivity index (χ0n) is 10.6. The highest BCUT2D eigenvalue weighted by Gasteiger charge is 2.24. The molecule has 106 valence electrons. The molecule has 1 aromatic heterocycles. The highest BCUT2D eigenvalue weighted by atomic mass is 32.1. The third-order valence-electron chi connectivity index (χ3n) is 2.26. The minimum atomic E-state index is -0.783. The third-order valence-corrected chi connectivity index (χ3v) is 2.36. The van der Waals surface area contributed by atoms with E-state index in [0.717, 1.165) is 5.69 Å². The number of imidazole rings is 1. The van der Waals surface area contributed by atoms with E-state index < -0.39 is 17.4 Å². The molecule has 0 aliphatic rings. The van der Waals surface area contributed by atoms with E-state index in [1.807, 2.05) is 0 Å². The second kappa shape index (κ2) is 7.80. The summed E-state index contributed by atoms with van der Waals surface area (Å²) in [6, 6.07) is -0.783. The van der Waals surface area contributed by atoms with E-state index in [-0.39, 0.29) is 25.3 Å². The van der Waals surface area contributed by atoms with Gasteiger partial charge in [-0.25, -0.2) is 9.78 Å². The van der Waals surface area contributed by atoms with E-state index in [9.17, 15) is 9.59 Å². The number of carbonyl (C=O) groups excluding carboxylic acids is 2. The number of aromatic amines is 1. The first-order valence-electron chi connectivity index (χ1n) is 5.88. The van der Waals surface area contributed by atoms with Crippen molar-refractivity contribution in [2.24, 2.45) is 5.73 Å². The van der Waals surface area contributed by atoms with Gasteiger partial charge in [-0.15, -0.1) is 12.6 Å². The fourth-order valence-corrected chi connectivity index (χ4v) is 1.56. The van der Waals surface area contributed by atoms with Gasteiger partial charge in [0.1, 0.15) is 11.5 Å². The number of rotatable bonds is 7. The summed E-state index contributed by atoms with van der Waals surface area (Å²) in [7, 11) is 0. The van der Waals surface area contributed by atoms with Crippen LogP contribution in [0, 0.1) is 0 Å². The first-order chi connectivity index (χ1) is 9.02. The Labute approximate surface area is 116 Å². The molecule has 0 aliphatic heterocycles. The van der Waals surface area contributed by atoms with Crippen LogP contribution in [0.15, 0.2) is 12.5 Å². The summed E-state index contributed by atoms with van der Waals surface area (Å²) in [5.41, 5.74) is 5.48. The van der Waals surface area contributed by atoms with Crippen molar-refractivity contribution in [3.8, 4) is 0 Å². The van der Waals surface area contributed by atoms with E-state index in [1.165, 1.54) is 6.33 Å². The van der Waals surface area contributed by atoms with Crippen LogP contribution < -0.4 is 11.1 Å². The molecule has 0 aromatic carbocycles. The summed E-state index contributed by atoms with van der Waals surface area (Å²) in [5.74, 6) is -0.835. The normalized spacial score (nSPS) is 13.6. The van der Waals surface area contributed by atoms with Gasteiger partial charge in [-0.1, -0.05) is 0 Å². The second-order valence-electron chi connectivity index (χ2n) is 3.98. The molecule has 19 heavy (non-hydrogen) atoms. The number of aromatic nitrogens is 2. The Morgan fingerprint density at radius 3 is 2.89 bits per heavy atom. The molecule has 1 heterocycles. The monoisotopic (exact) mass is 286 g/mol. The first-order valence-corrected chi connectivity index (χ1v) is 6.39. The molecule has 1 amide bonds. The summed E-state index contributed by atoms with van der Waals surface area (Å²) < 4.78 is 4.99. The summed E-state index contributed by atoms with van der Waals surface area (Å²) in [6.07, 6.45) is 3.51. The Bertz CT molecular complexity index is 408. The predicted molar refractivity (Wildman–Crippen MR) is 72.4 cm³/mol. The van der Waals surface area contributed by atoms with Crippen LogP contribution in [0.1, 0.15) is 19.0 Å². The molecule has 2 atom stereocenters. The quantitative estimate of drug-likeness (QED) is 0.310. The smallest absolute Gasteiger partial charge is 0.330 e. The van der Waals surface area contributed by atoms with Gasteiger partial charge >= 0.3 is 5.97 Å². The number of carbonyl (C=O) groups is 2. The van der Waals surface area contributed by atoms with Crippen LogP contribution >= 0.6 is 12.6 Å². The summed E-state index contributed by atoms with van der Waals surface area (Å²) in [4.78, 5) is 30.1. The maximum atomic E-state index is 11.9. The molecule has 0 saturated heterocycles. The zero-order valence-corrected chi connectivity index (χ0v) is 11.5. The molecule has 7 nitrogen and oxygen atoms in total. The van der Waals surface area contributed by atoms with E-state index in [2.05, 4.69) is 27.9 Å². The average molecular weight is 286 g/mol. The molecule has 0 fully saturated rings. The van der Waals surface area contributed by atoms with Gasteiger partial charge in [-0.05, 0) is 6.92 Å². The number of nitrogens with one attached hydrogen (secondary N) is 2. The fourth-order valence-electron chi connectivity index (χ4n) is 1.46. The molecule has 0 radical (unpaired) electrons.